The molecule has 0 spiro atoms. The Kier molecular flexibility index (Phi) is 3.38. The van der Waals surface area contributed by atoms with Gasteiger partial charge in [-0.2, -0.15) is 4.31 Å². The normalized spacial score (nSPS) is 12.3. The van der Waals surface area contributed by atoms with E-state index in [1.165, 1.54) is 23.5 Å². The van der Waals surface area contributed by atoms with Crippen molar-refractivity contribution < 1.29 is 12.9 Å². The van der Waals surface area contributed by atoms with Gasteiger partial charge in [0, 0.05) is 13.1 Å². The second-order valence-corrected chi connectivity index (χ2v) is 7.02. The summed E-state index contributed by atoms with van der Waals surface area (Å²) in [4.78, 5) is 16.4. The highest BCUT2D eigenvalue weighted by Crippen LogP contribution is 2.19. The molecule has 0 amide bonds. The van der Waals surface area contributed by atoms with Gasteiger partial charge in [0.25, 0.3) is 0 Å². The van der Waals surface area contributed by atoms with E-state index in [-0.39, 0.29) is 17.1 Å². The maximum atomic E-state index is 12.6. The van der Waals surface area contributed by atoms with Crippen molar-refractivity contribution in [2.75, 3.05) is 7.05 Å². The van der Waals surface area contributed by atoms with E-state index in [1.807, 2.05) is 0 Å². The molecule has 0 fully saturated rings. The van der Waals surface area contributed by atoms with Crippen LogP contribution >= 0.6 is 0 Å². The van der Waals surface area contributed by atoms with Crippen molar-refractivity contribution in [2.24, 2.45) is 0 Å². The number of hydrogen-bond acceptors (Lipinski definition) is 5. The zero-order valence-corrected chi connectivity index (χ0v) is 12.8. The Morgan fingerprint density at radius 1 is 1.23 bits per heavy atom. The molecular formula is C13H14N4O4S. The molecule has 3 aromatic rings. The van der Waals surface area contributed by atoms with Crippen LogP contribution in [-0.4, -0.2) is 34.9 Å². The zero-order chi connectivity index (χ0) is 15.9. The molecule has 0 aliphatic heterocycles. The zero-order valence-electron chi connectivity index (χ0n) is 12.0. The molecule has 2 heterocycles. The number of fused-ring (bicyclic) bond motifs is 1. The molecule has 22 heavy (non-hydrogen) atoms. The summed E-state index contributed by atoms with van der Waals surface area (Å²) in [6, 6.07) is 6.10. The number of rotatable bonds is 4. The maximum absolute atomic E-state index is 12.6. The second-order valence-electron chi connectivity index (χ2n) is 4.98. The quantitative estimate of drug-likeness (QED) is 0.743. The van der Waals surface area contributed by atoms with Crippen LogP contribution in [0.1, 0.15) is 11.5 Å². The third-order valence-electron chi connectivity index (χ3n) is 3.26. The Morgan fingerprint density at radius 3 is 2.64 bits per heavy atom. The van der Waals surface area contributed by atoms with Gasteiger partial charge in [-0.3, -0.25) is 0 Å². The summed E-state index contributed by atoms with van der Waals surface area (Å²) in [5.74, 6) is 0.618. The second kappa shape index (κ2) is 5.11. The number of benzene rings is 1. The molecule has 1 aromatic carbocycles. The van der Waals surface area contributed by atoms with Crippen LogP contribution in [0.25, 0.3) is 11.0 Å². The summed E-state index contributed by atoms with van der Waals surface area (Å²) >= 11 is 0. The van der Waals surface area contributed by atoms with Crippen molar-refractivity contribution in [1.82, 2.24) is 19.4 Å². The number of aromatic nitrogens is 3. The molecule has 0 aliphatic carbocycles. The predicted molar refractivity (Wildman–Crippen MR) is 78.8 cm³/mol. The van der Waals surface area contributed by atoms with Gasteiger partial charge in [-0.1, -0.05) is 5.16 Å². The third-order valence-corrected chi connectivity index (χ3v) is 5.06. The van der Waals surface area contributed by atoms with Gasteiger partial charge in [0.1, 0.15) is 5.76 Å². The molecule has 0 radical (unpaired) electrons. The number of aryl methyl sites for hydroxylation is 1. The Morgan fingerprint density at radius 2 is 1.95 bits per heavy atom. The van der Waals surface area contributed by atoms with Gasteiger partial charge in [0.15, 0.2) is 0 Å². The number of aromatic amines is 2. The summed E-state index contributed by atoms with van der Waals surface area (Å²) in [6.07, 6.45) is 0. The average Bonchev–Trinajstić information content (AvgIpc) is 3.02. The van der Waals surface area contributed by atoms with E-state index in [2.05, 4.69) is 15.1 Å². The van der Waals surface area contributed by atoms with Crippen LogP contribution in [0.3, 0.4) is 0 Å². The van der Waals surface area contributed by atoms with Gasteiger partial charge in [0.2, 0.25) is 10.0 Å². The van der Waals surface area contributed by atoms with Crippen LogP contribution in [0.4, 0.5) is 0 Å². The number of nitrogens with zero attached hydrogens (tertiary/aromatic N) is 2. The highest BCUT2D eigenvalue weighted by molar-refractivity contribution is 7.89. The lowest BCUT2D eigenvalue weighted by atomic mass is 10.3. The topological polar surface area (TPSA) is 112 Å². The monoisotopic (exact) mass is 322 g/mol. The van der Waals surface area contributed by atoms with E-state index >= 15 is 0 Å². The minimum absolute atomic E-state index is 0.0953. The Bertz CT molecular complexity index is 983. The fourth-order valence-corrected chi connectivity index (χ4v) is 3.33. The van der Waals surface area contributed by atoms with Crippen molar-refractivity contribution in [2.45, 2.75) is 18.4 Å². The lowest BCUT2D eigenvalue weighted by molar-refractivity contribution is 0.378. The van der Waals surface area contributed by atoms with Crippen molar-refractivity contribution >= 4 is 21.1 Å². The summed E-state index contributed by atoms with van der Waals surface area (Å²) in [7, 11) is -2.23. The minimum atomic E-state index is -3.69. The smallest absolute Gasteiger partial charge is 0.323 e. The molecule has 0 atom stereocenters. The fraction of sp³-hybridized carbons (Fsp3) is 0.231. The molecule has 0 aliphatic rings. The summed E-state index contributed by atoms with van der Waals surface area (Å²) in [5, 5.41) is 3.78. The van der Waals surface area contributed by atoms with Crippen LogP contribution in [-0.2, 0) is 16.6 Å². The first-order valence-corrected chi connectivity index (χ1v) is 7.91. The molecule has 2 N–H and O–H groups in total. The number of hydrogen-bond donors (Lipinski definition) is 2. The minimum Gasteiger partial charge on any atom is -0.361 e. The molecule has 0 bridgehead atoms. The van der Waals surface area contributed by atoms with Crippen LogP contribution in [0.2, 0.25) is 0 Å². The van der Waals surface area contributed by atoms with Gasteiger partial charge in [-0.15, -0.1) is 0 Å². The molecule has 3 rings (SSSR count). The van der Waals surface area contributed by atoms with Crippen molar-refractivity contribution in [3.63, 3.8) is 0 Å². The van der Waals surface area contributed by atoms with Gasteiger partial charge >= 0.3 is 5.69 Å². The highest BCUT2D eigenvalue weighted by Gasteiger charge is 2.22. The molecular weight excluding hydrogens is 308 g/mol. The number of H-pyrrole nitrogens is 2. The van der Waals surface area contributed by atoms with Crippen molar-refractivity contribution in [3.05, 3.63) is 46.2 Å². The highest BCUT2D eigenvalue weighted by atomic mass is 32.2. The summed E-state index contributed by atoms with van der Waals surface area (Å²) < 4.78 is 31.2. The first-order valence-electron chi connectivity index (χ1n) is 6.47. The molecule has 0 saturated carbocycles. The number of sulfonamides is 1. The standard InChI is InChI=1S/C13H14N4O4S/c1-8-5-9(16-21-8)7-17(2)22(19,20)10-3-4-11-12(6-10)15-13(18)14-11/h3-6H,7H2,1-2H3,(H2,14,15,18). The Hall–Kier alpha value is -2.39. The lowest BCUT2D eigenvalue weighted by Crippen LogP contribution is -2.26. The number of imidazole rings is 1. The van der Waals surface area contributed by atoms with Gasteiger partial charge < -0.3 is 14.5 Å². The SMILES string of the molecule is Cc1cc(CN(C)S(=O)(=O)c2ccc3[nH]c(=O)[nH]c3c2)no1. The Labute approximate surface area is 125 Å². The van der Waals surface area contributed by atoms with E-state index in [9.17, 15) is 13.2 Å². The predicted octanol–water partition coefficient (Wildman–Crippen LogP) is 0.973. The van der Waals surface area contributed by atoms with E-state index in [1.54, 1.807) is 19.1 Å². The summed E-state index contributed by atoms with van der Waals surface area (Å²) in [6.45, 7) is 1.84. The third kappa shape index (κ3) is 2.55. The molecule has 2 aromatic heterocycles. The van der Waals surface area contributed by atoms with Gasteiger partial charge in [-0.05, 0) is 25.1 Å². The largest absolute Gasteiger partial charge is 0.361 e. The van der Waals surface area contributed by atoms with Crippen LogP contribution in [0.5, 0.6) is 0 Å². The molecule has 9 heteroatoms. The van der Waals surface area contributed by atoms with E-state index in [0.29, 0.717) is 22.5 Å². The Balaban J connectivity index is 1.94. The van der Waals surface area contributed by atoms with Gasteiger partial charge in [-0.25, -0.2) is 13.2 Å². The lowest BCUT2D eigenvalue weighted by Gasteiger charge is -2.15. The first-order chi connectivity index (χ1) is 10.4. The molecule has 0 saturated heterocycles. The fourth-order valence-electron chi connectivity index (χ4n) is 2.16. The maximum Gasteiger partial charge on any atom is 0.323 e. The van der Waals surface area contributed by atoms with E-state index in [4.69, 9.17) is 4.52 Å². The van der Waals surface area contributed by atoms with Crippen LogP contribution < -0.4 is 5.69 Å². The van der Waals surface area contributed by atoms with Crippen LogP contribution in [0, 0.1) is 6.92 Å². The average molecular weight is 322 g/mol. The van der Waals surface area contributed by atoms with Crippen molar-refractivity contribution in [1.29, 1.82) is 0 Å². The molecule has 8 nitrogen and oxygen atoms in total. The molecule has 0 unspecified atom stereocenters. The van der Waals surface area contributed by atoms with Gasteiger partial charge in [0.05, 0.1) is 28.2 Å². The summed E-state index contributed by atoms with van der Waals surface area (Å²) in [5.41, 5.74) is 1.14. The molecule has 116 valence electrons. The van der Waals surface area contributed by atoms with E-state index < -0.39 is 10.0 Å². The van der Waals surface area contributed by atoms with Crippen molar-refractivity contribution in [3.8, 4) is 0 Å². The first kappa shape index (κ1) is 14.5. The number of nitrogens with one attached hydrogen (secondary N) is 2. The van der Waals surface area contributed by atoms with Crippen LogP contribution in [0.15, 0.2) is 38.5 Å². The van der Waals surface area contributed by atoms with E-state index in [0.717, 1.165) is 0 Å².